The molecule has 1 aromatic carbocycles. The van der Waals surface area contributed by atoms with Gasteiger partial charge in [0.15, 0.2) is 9.84 Å². The summed E-state index contributed by atoms with van der Waals surface area (Å²) in [6.07, 6.45) is 7.48. The van der Waals surface area contributed by atoms with Gasteiger partial charge >= 0.3 is 0 Å². The smallest absolute Gasteiger partial charge is 0.175 e. The maximum Gasteiger partial charge on any atom is 0.175 e. The van der Waals surface area contributed by atoms with Gasteiger partial charge in [-0.25, -0.2) is 8.42 Å². The van der Waals surface area contributed by atoms with Crippen LogP contribution in [0.1, 0.15) is 44.6 Å². The van der Waals surface area contributed by atoms with Gasteiger partial charge in [-0.1, -0.05) is 32.3 Å². The third-order valence-electron chi connectivity index (χ3n) is 4.41. The molecule has 3 nitrogen and oxygen atoms in total. The van der Waals surface area contributed by atoms with Crippen LogP contribution in [-0.4, -0.2) is 20.7 Å². The van der Waals surface area contributed by atoms with Gasteiger partial charge in [-0.15, -0.1) is 0 Å². The van der Waals surface area contributed by atoms with Crippen molar-refractivity contribution in [3.05, 3.63) is 23.8 Å². The van der Waals surface area contributed by atoms with E-state index in [-0.39, 0.29) is 0 Å². The highest BCUT2D eigenvalue weighted by molar-refractivity contribution is 7.90. The van der Waals surface area contributed by atoms with Crippen LogP contribution in [0.4, 0.5) is 5.69 Å². The van der Waals surface area contributed by atoms with Gasteiger partial charge in [-0.2, -0.15) is 0 Å². The zero-order valence-corrected chi connectivity index (χ0v) is 13.5. The molecule has 1 aromatic rings. The molecule has 2 unspecified atom stereocenters. The SMILES string of the molecule is CCC1CCCCC1Nc1cc(S(C)(=O)=O)ccc1C. The second-order valence-electron chi connectivity index (χ2n) is 5.95. The van der Waals surface area contributed by atoms with Gasteiger partial charge in [0.25, 0.3) is 0 Å². The summed E-state index contributed by atoms with van der Waals surface area (Å²) in [7, 11) is -3.14. The number of anilines is 1. The molecule has 0 saturated heterocycles. The minimum absolute atomic E-state index is 0.398. The average Bonchev–Trinajstić information content (AvgIpc) is 2.40. The second kappa shape index (κ2) is 6.17. The largest absolute Gasteiger partial charge is 0.382 e. The first-order valence-corrected chi connectivity index (χ1v) is 9.38. The Morgan fingerprint density at radius 2 is 1.95 bits per heavy atom. The molecule has 1 aliphatic rings. The van der Waals surface area contributed by atoms with Crippen LogP contribution in [0.3, 0.4) is 0 Å². The number of sulfone groups is 1. The van der Waals surface area contributed by atoms with Crippen LogP contribution in [0.15, 0.2) is 23.1 Å². The van der Waals surface area contributed by atoms with Crippen LogP contribution in [0.2, 0.25) is 0 Å². The molecule has 1 N–H and O–H groups in total. The lowest BCUT2D eigenvalue weighted by molar-refractivity contribution is 0.317. The molecule has 1 aliphatic carbocycles. The minimum Gasteiger partial charge on any atom is -0.382 e. The van der Waals surface area contributed by atoms with E-state index in [1.54, 1.807) is 12.1 Å². The van der Waals surface area contributed by atoms with Gasteiger partial charge in [-0.3, -0.25) is 0 Å². The number of hydrogen-bond donors (Lipinski definition) is 1. The molecule has 0 aromatic heterocycles. The van der Waals surface area contributed by atoms with Crippen molar-refractivity contribution >= 4 is 15.5 Å². The van der Waals surface area contributed by atoms with Crippen LogP contribution in [0.5, 0.6) is 0 Å². The Balaban J connectivity index is 2.24. The summed E-state index contributed by atoms with van der Waals surface area (Å²) in [6, 6.07) is 5.84. The molecule has 2 atom stereocenters. The van der Waals surface area contributed by atoms with Crippen molar-refractivity contribution in [3.63, 3.8) is 0 Å². The normalized spacial score (nSPS) is 23.6. The van der Waals surface area contributed by atoms with E-state index in [0.29, 0.717) is 16.9 Å². The van der Waals surface area contributed by atoms with E-state index in [1.807, 2.05) is 13.0 Å². The summed E-state index contributed by atoms with van der Waals surface area (Å²) >= 11 is 0. The van der Waals surface area contributed by atoms with Gasteiger partial charge in [-0.05, 0) is 43.4 Å². The number of nitrogens with one attached hydrogen (secondary N) is 1. The van der Waals surface area contributed by atoms with E-state index in [9.17, 15) is 8.42 Å². The van der Waals surface area contributed by atoms with E-state index >= 15 is 0 Å². The first kappa shape index (κ1) is 15.4. The third kappa shape index (κ3) is 3.54. The summed E-state index contributed by atoms with van der Waals surface area (Å²) in [5.74, 6) is 0.699. The maximum absolute atomic E-state index is 11.7. The molecule has 0 radical (unpaired) electrons. The summed E-state index contributed by atoms with van der Waals surface area (Å²) in [6.45, 7) is 4.27. The predicted octanol–water partition coefficient (Wildman–Crippen LogP) is 3.78. The molecule has 1 saturated carbocycles. The Kier molecular flexibility index (Phi) is 4.74. The van der Waals surface area contributed by atoms with E-state index in [4.69, 9.17) is 0 Å². The van der Waals surface area contributed by atoms with Crippen molar-refractivity contribution in [3.8, 4) is 0 Å². The average molecular weight is 295 g/mol. The van der Waals surface area contributed by atoms with Gasteiger partial charge in [0.1, 0.15) is 0 Å². The fourth-order valence-electron chi connectivity index (χ4n) is 3.07. The molecule has 4 heteroatoms. The summed E-state index contributed by atoms with van der Waals surface area (Å²) in [5.41, 5.74) is 2.08. The first-order chi connectivity index (χ1) is 9.41. The van der Waals surface area contributed by atoms with E-state index < -0.39 is 9.84 Å². The van der Waals surface area contributed by atoms with Gasteiger partial charge in [0, 0.05) is 18.0 Å². The standard InChI is InChI=1S/C16H25NO2S/c1-4-13-7-5-6-8-15(13)17-16-11-14(20(3,18)19)10-9-12(16)2/h9-11,13,15,17H,4-8H2,1-3H3. The van der Waals surface area contributed by atoms with Crippen LogP contribution in [0.25, 0.3) is 0 Å². The third-order valence-corrected chi connectivity index (χ3v) is 5.52. The highest BCUT2D eigenvalue weighted by atomic mass is 32.2. The summed E-state index contributed by atoms with van der Waals surface area (Å²) in [5, 5.41) is 3.60. The quantitative estimate of drug-likeness (QED) is 0.919. The Morgan fingerprint density at radius 1 is 1.25 bits per heavy atom. The number of rotatable bonds is 4. The number of benzene rings is 1. The first-order valence-electron chi connectivity index (χ1n) is 7.49. The van der Waals surface area contributed by atoms with Gasteiger partial charge in [0.05, 0.1) is 4.90 Å². The lowest BCUT2D eigenvalue weighted by Crippen LogP contribution is -2.32. The van der Waals surface area contributed by atoms with Crippen LogP contribution >= 0.6 is 0 Å². The Bertz CT molecular complexity index is 566. The molecular weight excluding hydrogens is 270 g/mol. The minimum atomic E-state index is -3.14. The van der Waals surface area contributed by atoms with Crippen molar-refractivity contribution in [1.82, 2.24) is 0 Å². The molecule has 0 amide bonds. The van der Waals surface area contributed by atoms with Crippen molar-refractivity contribution in [1.29, 1.82) is 0 Å². The Labute approximate surface area is 122 Å². The summed E-state index contributed by atoms with van der Waals surface area (Å²) in [4.78, 5) is 0.398. The lowest BCUT2D eigenvalue weighted by Gasteiger charge is -2.33. The number of hydrogen-bond acceptors (Lipinski definition) is 3. The fraction of sp³-hybridized carbons (Fsp3) is 0.625. The van der Waals surface area contributed by atoms with Crippen LogP contribution < -0.4 is 5.32 Å². The highest BCUT2D eigenvalue weighted by Crippen LogP contribution is 2.31. The van der Waals surface area contributed by atoms with Crippen molar-refractivity contribution in [2.75, 3.05) is 11.6 Å². The zero-order chi connectivity index (χ0) is 14.8. The topological polar surface area (TPSA) is 46.2 Å². The van der Waals surface area contributed by atoms with Crippen LogP contribution in [-0.2, 0) is 9.84 Å². The predicted molar refractivity (Wildman–Crippen MR) is 83.9 cm³/mol. The monoisotopic (exact) mass is 295 g/mol. The molecule has 112 valence electrons. The van der Waals surface area contributed by atoms with Crippen molar-refractivity contribution < 1.29 is 8.42 Å². The summed E-state index contributed by atoms with van der Waals surface area (Å²) < 4.78 is 23.4. The molecular formula is C16H25NO2S. The maximum atomic E-state index is 11.7. The molecule has 20 heavy (non-hydrogen) atoms. The molecule has 0 spiro atoms. The van der Waals surface area contributed by atoms with Gasteiger partial charge < -0.3 is 5.32 Å². The van der Waals surface area contributed by atoms with Crippen molar-refractivity contribution in [2.45, 2.75) is 56.9 Å². The van der Waals surface area contributed by atoms with E-state index in [2.05, 4.69) is 12.2 Å². The molecule has 1 fully saturated rings. The van der Waals surface area contributed by atoms with E-state index in [1.165, 1.54) is 38.4 Å². The fourth-order valence-corrected chi connectivity index (χ4v) is 3.72. The molecule has 0 aliphatic heterocycles. The molecule has 0 heterocycles. The second-order valence-corrected chi connectivity index (χ2v) is 7.97. The Hall–Kier alpha value is -1.03. The zero-order valence-electron chi connectivity index (χ0n) is 12.6. The van der Waals surface area contributed by atoms with Gasteiger partial charge in [0.2, 0.25) is 0 Å². The molecule has 0 bridgehead atoms. The van der Waals surface area contributed by atoms with Crippen molar-refractivity contribution in [2.24, 2.45) is 5.92 Å². The number of aryl methyl sites for hydroxylation is 1. The molecule has 2 rings (SSSR count). The highest BCUT2D eigenvalue weighted by Gasteiger charge is 2.24. The lowest BCUT2D eigenvalue weighted by atomic mass is 9.82. The van der Waals surface area contributed by atoms with E-state index in [0.717, 1.165) is 11.3 Å². The Morgan fingerprint density at radius 3 is 2.60 bits per heavy atom. The van der Waals surface area contributed by atoms with Crippen LogP contribution in [0, 0.1) is 12.8 Å².